The fourth-order valence-corrected chi connectivity index (χ4v) is 4.06. The van der Waals surface area contributed by atoms with E-state index in [1.165, 1.54) is 6.42 Å². The number of benzene rings is 1. The number of carbonyl (C=O) groups excluding carboxylic acids is 1. The van der Waals surface area contributed by atoms with Crippen molar-refractivity contribution in [2.24, 2.45) is 5.92 Å². The fourth-order valence-electron chi connectivity index (χ4n) is 4.06. The van der Waals surface area contributed by atoms with Crippen LogP contribution in [0.4, 0.5) is 5.69 Å². The van der Waals surface area contributed by atoms with Crippen LogP contribution in [-0.2, 0) is 9.59 Å². The number of methoxy groups -OCH3 is 1. The second-order valence-corrected chi connectivity index (χ2v) is 6.65. The van der Waals surface area contributed by atoms with Gasteiger partial charge in [0.15, 0.2) is 0 Å². The molecule has 0 aromatic heterocycles. The van der Waals surface area contributed by atoms with Crippen molar-refractivity contribution in [3.05, 3.63) is 24.3 Å². The van der Waals surface area contributed by atoms with Crippen LogP contribution in [0.3, 0.4) is 0 Å². The maximum Gasteiger partial charge on any atom is 0.320 e. The van der Waals surface area contributed by atoms with Crippen LogP contribution >= 0.6 is 0 Å². The zero-order valence-corrected chi connectivity index (χ0v) is 13.9. The lowest BCUT2D eigenvalue weighted by molar-refractivity contribution is -0.143. The van der Waals surface area contributed by atoms with Crippen LogP contribution in [0, 0.1) is 5.92 Å². The Morgan fingerprint density at radius 3 is 2.62 bits per heavy atom. The number of hydrogen-bond donors (Lipinski definition) is 2. The largest absolute Gasteiger partial charge is 0.497 e. The zero-order chi connectivity index (χ0) is 17.1. The van der Waals surface area contributed by atoms with Crippen LogP contribution < -0.4 is 10.1 Å². The fraction of sp³-hybridized carbons (Fsp3) is 0.556. The molecule has 6 nitrogen and oxygen atoms in total. The van der Waals surface area contributed by atoms with E-state index in [1.54, 1.807) is 31.4 Å². The van der Waals surface area contributed by atoms with Crippen molar-refractivity contribution in [2.75, 3.05) is 19.0 Å². The first-order chi connectivity index (χ1) is 11.6. The molecule has 1 aromatic carbocycles. The summed E-state index contributed by atoms with van der Waals surface area (Å²) >= 11 is 0. The van der Waals surface area contributed by atoms with Gasteiger partial charge in [0, 0.05) is 11.7 Å². The summed E-state index contributed by atoms with van der Waals surface area (Å²) in [4.78, 5) is 25.9. The van der Waals surface area contributed by atoms with Crippen LogP contribution in [0.2, 0.25) is 0 Å². The molecule has 6 heteroatoms. The number of aliphatic carboxylic acids is 1. The minimum Gasteiger partial charge on any atom is -0.497 e. The molecule has 3 rings (SSSR count). The van der Waals surface area contributed by atoms with Crippen LogP contribution in [0.25, 0.3) is 0 Å². The Kier molecular flexibility index (Phi) is 5.04. The number of nitrogens with zero attached hydrogens (tertiary/aromatic N) is 1. The summed E-state index contributed by atoms with van der Waals surface area (Å²) in [7, 11) is 1.59. The maximum absolute atomic E-state index is 12.4. The van der Waals surface area contributed by atoms with Gasteiger partial charge in [0.05, 0.1) is 13.7 Å². The Hall–Kier alpha value is -2.08. The van der Waals surface area contributed by atoms with E-state index in [0.29, 0.717) is 18.0 Å². The third kappa shape index (κ3) is 3.53. The van der Waals surface area contributed by atoms with Gasteiger partial charge in [0.2, 0.25) is 5.91 Å². The molecule has 1 aliphatic carbocycles. The van der Waals surface area contributed by atoms with E-state index >= 15 is 0 Å². The normalized spacial score (nSPS) is 26.6. The number of carboxylic acid groups (broad SMARTS) is 1. The van der Waals surface area contributed by atoms with E-state index in [-0.39, 0.29) is 18.5 Å². The first kappa shape index (κ1) is 16.8. The topological polar surface area (TPSA) is 78.9 Å². The molecule has 3 atom stereocenters. The molecule has 1 heterocycles. The monoisotopic (exact) mass is 332 g/mol. The molecule has 3 unspecified atom stereocenters. The molecule has 130 valence electrons. The molecule has 0 radical (unpaired) electrons. The SMILES string of the molecule is COc1ccc(NC(=O)CN2C(C(=O)O)CC3CCCCC32)cc1. The predicted octanol–water partition coefficient (Wildman–Crippen LogP) is 2.35. The predicted molar refractivity (Wildman–Crippen MR) is 90.1 cm³/mol. The van der Waals surface area contributed by atoms with Crippen LogP contribution in [0.1, 0.15) is 32.1 Å². The third-order valence-corrected chi connectivity index (χ3v) is 5.21. The van der Waals surface area contributed by atoms with E-state index in [4.69, 9.17) is 4.74 Å². The first-order valence-electron chi connectivity index (χ1n) is 8.51. The second kappa shape index (κ2) is 7.21. The molecular formula is C18H24N2O4. The molecule has 1 aromatic rings. The summed E-state index contributed by atoms with van der Waals surface area (Å²) < 4.78 is 5.10. The molecule has 2 fully saturated rings. The van der Waals surface area contributed by atoms with Gasteiger partial charge in [-0.2, -0.15) is 0 Å². The van der Waals surface area contributed by atoms with Crippen molar-refractivity contribution in [3.8, 4) is 5.75 Å². The van der Waals surface area contributed by atoms with Gasteiger partial charge in [0.25, 0.3) is 0 Å². The van der Waals surface area contributed by atoms with Gasteiger partial charge >= 0.3 is 5.97 Å². The van der Waals surface area contributed by atoms with E-state index < -0.39 is 12.0 Å². The number of ether oxygens (including phenoxy) is 1. The zero-order valence-electron chi connectivity index (χ0n) is 13.9. The number of amides is 1. The number of carboxylic acids is 1. The van der Waals surface area contributed by atoms with Gasteiger partial charge in [0.1, 0.15) is 11.8 Å². The first-order valence-corrected chi connectivity index (χ1v) is 8.51. The van der Waals surface area contributed by atoms with Crippen molar-refractivity contribution in [1.82, 2.24) is 4.90 Å². The summed E-state index contributed by atoms with van der Waals surface area (Å²) in [5, 5.41) is 12.3. The van der Waals surface area contributed by atoms with E-state index in [2.05, 4.69) is 5.32 Å². The summed E-state index contributed by atoms with van der Waals surface area (Å²) in [5.74, 6) is 0.149. The molecular weight excluding hydrogens is 308 g/mol. The van der Waals surface area contributed by atoms with Crippen LogP contribution in [-0.4, -0.2) is 47.6 Å². The summed E-state index contributed by atoms with van der Waals surface area (Å²) in [6.07, 6.45) is 5.01. The van der Waals surface area contributed by atoms with Crippen molar-refractivity contribution in [2.45, 2.75) is 44.2 Å². The Morgan fingerprint density at radius 1 is 1.25 bits per heavy atom. The van der Waals surface area contributed by atoms with E-state index in [0.717, 1.165) is 25.0 Å². The van der Waals surface area contributed by atoms with Gasteiger partial charge in [-0.15, -0.1) is 0 Å². The Balaban J connectivity index is 1.65. The maximum atomic E-state index is 12.4. The number of rotatable bonds is 5. The molecule has 2 aliphatic rings. The van der Waals surface area contributed by atoms with Crippen LogP contribution in [0.15, 0.2) is 24.3 Å². The lowest BCUT2D eigenvalue weighted by atomic mass is 9.85. The van der Waals surface area contributed by atoms with Crippen molar-refractivity contribution in [3.63, 3.8) is 0 Å². The Labute approximate surface area is 141 Å². The van der Waals surface area contributed by atoms with Crippen molar-refractivity contribution >= 4 is 17.6 Å². The van der Waals surface area contributed by atoms with Crippen molar-refractivity contribution < 1.29 is 19.4 Å². The van der Waals surface area contributed by atoms with Gasteiger partial charge in [-0.25, -0.2) is 0 Å². The van der Waals surface area contributed by atoms with E-state index in [9.17, 15) is 14.7 Å². The van der Waals surface area contributed by atoms with E-state index in [1.807, 2.05) is 4.90 Å². The second-order valence-electron chi connectivity index (χ2n) is 6.65. The minimum atomic E-state index is -0.818. The molecule has 1 saturated carbocycles. The highest BCUT2D eigenvalue weighted by atomic mass is 16.5. The van der Waals surface area contributed by atoms with Gasteiger partial charge in [-0.05, 0) is 49.4 Å². The van der Waals surface area contributed by atoms with Gasteiger partial charge < -0.3 is 15.2 Å². The number of carbonyl (C=O) groups is 2. The van der Waals surface area contributed by atoms with Crippen LogP contribution in [0.5, 0.6) is 5.75 Å². The number of anilines is 1. The molecule has 24 heavy (non-hydrogen) atoms. The summed E-state index contributed by atoms with van der Waals surface area (Å²) in [6.45, 7) is 0.129. The molecule has 0 spiro atoms. The molecule has 1 amide bonds. The summed E-state index contributed by atoms with van der Waals surface area (Å²) in [6, 6.07) is 6.80. The number of likely N-dealkylation sites (tertiary alicyclic amines) is 1. The average Bonchev–Trinajstić information content (AvgIpc) is 2.94. The highest BCUT2D eigenvalue weighted by Gasteiger charge is 2.45. The average molecular weight is 332 g/mol. The van der Waals surface area contributed by atoms with Gasteiger partial charge in [-0.1, -0.05) is 12.8 Å². The smallest absolute Gasteiger partial charge is 0.320 e. The lowest BCUT2D eigenvalue weighted by Crippen LogP contribution is -2.46. The Bertz CT molecular complexity index is 602. The number of fused-ring (bicyclic) bond motifs is 1. The molecule has 0 bridgehead atoms. The quantitative estimate of drug-likeness (QED) is 0.865. The van der Waals surface area contributed by atoms with Gasteiger partial charge in [-0.3, -0.25) is 14.5 Å². The number of hydrogen-bond acceptors (Lipinski definition) is 4. The standard InChI is InChI=1S/C18H24N2O4/c1-24-14-8-6-13(7-9-14)19-17(21)11-20-15-5-3-2-4-12(15)10-16(20)18(22)23/h6-9,12,15-16H,2-5,10-11H2,1H3,(H,19,21)(H,22,23). The molecule has 1 saturated heterocycles. The van der Waals surface area contributed by atoms with Crippen molar-refractivity contribution in [1.29, 1.82) is 0 Å². The molecule has 1 aliphatic heterocycles. The third-order valence-electron chi connectivity index (χ3n) is 5.21. The highest BCUT2D eigenvalue weighted by molar-refractivity contribution is 5.92. The number of nitrogens with one attached hydrogen (secondary N) is 1. The lowest BCUT2D eigenvalue weighted by Gasteiger charge is -2.32. The minimum absolute atomic E-state index is 0.129. The Morgan fingerprint density at radius 2 is 1.96 bits per heavy atom. The molecule has 2 N–H and O–H groups in total. The highest BCUT2D eigenvalue weighted by Crippen LogP contribution is 2.39. The summed E-state index contributed by atoms with van der Waals surface area (Å²) in [5.41, 5.74) is 0.687.